The molecule has 0 N–H and O–H groups in total. The van der Waals surface area contributed by atoms with Gasteiger partial charge in [0, 0.05) is 26.2 Å². The van der Waals surface area contributed by atoms with E-state index >= 15 is 0 Å². The van der Waals surface area contributed by atoms with E-state index in [1.54, 1.807) is 23.1 Å². The first-order chi connectivity index (χ1) is 13.2. The van der Waals surface area contributed by atoms with Crippen LogP contribution in [0, 0.1) is 5.82 Å². The van der Waals surface area contributed by atoms with Crippen molar-refractivity contribution < 1.29 is 9.18 Å². The molecule has 0 saturated carbocycles. The minimum absolute atomic E-state index is 0.0499. The highest BCUT2D eigenvalue weighted by atomic mass is 19.1. The number of rotatable bonds is 4. The van der Waals surface area contributed by atoms with E-state index in [0.717, 1.165) is 11.4 Å². The van der Waals surface area contributed by atoms with Crippen LogP contribution in [0.25, 0.3) is 5.82 Å². The van der Waals surface area contributed by atoms with Crippen LogP contribution >= 0.6 is 0 Å². The summed E-state index contributed by atoms with van der Waals surface area (Å²) in [7, 11) is 0. The summed E-state index contributed by atoms with van der Waals surface area (Å²) in [6.45, 7) is 2.61. The van der Waals surface area contributed by atoms with Gasteiger partial charge >= 0.3 is 0 Å². The van der Waals surface area contributed by atoms with Crippen molar-refractivity contribution in [2.24, 2.45) is 0 Å². The van der Waals surface area contributed by atoms with Crippen molar-refractivity contribution in [1.82, 2.24) is 29.9 Å². The highest BCUT2D eigenvalue weighted by Gasteiger charge is 2.22. The second-order valence-electron chi connectivity index (χ2n) is 6.26. The summed E-state index contributed by atoms with van der Waals surface area (Å²) in [5.41, 5.74) is 0.818. The van der Waals surface area contributed by atoms with Gasteiger partial charge in [0.05, 0.1) is 6.42 Å². The largest absolute Gasteiger partial charge is 0.352 e. The summed E-state index contributed by atoms with van der Waals surface area (Å²) in [6.07, 6.45) is 3.29. The Kier molecular flexibility index (Phi) is 4.73. The molecule has 1 amide bonds. The molecular weight excluding hydrogens is 349 g/mol. The fraction of sp³-hybridized carbons (Fsp3) is 0.278. The summed E-state index contributed by atoms with van der Waals surface area (Å²) in [5.74, 6) is 1.12. The Morgan fingerprint density at radius 1 is 0.963 bits per heavy atom. The van der Waals surface area contributed by atoms with Gasteiger partial charge in [0.1, 0.15) is 18.5 Å². The van der Waals surface area contributed by atoms with Crippen LogP contribution in [0.1, 0.15) is 5.56 Å². The molecule has 1 aromatic carbocycles. The van der Waals surface area contributed by atoms with Crippen molar-refractivity contribution in [3.05, 3.63) is 60.4 Å². The lowest BCUT2D eigenvalue weighted by molar-refractivity contribution is -0.130. The number of amides is 1. The van der Waals surface area contributed by atoms with Crippen LogP contribution in [0.5, 0.6) is 0 Å². The number of halogens is 1. The summed E-state index contributed by atoms with van der Waals surface area (Å²) < 4.78 is 14.5. The van der Waals surface area contributed by atoms with Gasteiger partial charge in [-0.1, -0.05) is 12.1 Å². The monoisotopic (exact) mass is 367 g/mol. The Balaban J connectivity index is 1.33. The molecule has 1 fully saturated rings. The number of carbonyl (C=O) groups is 1. The van der Waals surface area contributed by atoms with Crippen molar-refractivity contribution in [2.45, 2.75) is 6.42 Å². The topological polar surface area (TPSA) is 80.0 Å². The van der Waals surface area contributed by atoms with Gasteiger partial charge in [0.2, 0.25) is 5.91 Å². The maximum Gasteiger partial charge on any atom is 0.227 e. The van der Waals surface area contributed by atoms with E-state index in [1.807, 2.05) is 17.0 Å². The zero-order valence-electron chi connectivity index (χ0n) is 14.6. The van der Waals surface area contributed by atoms with Crippen LogP contribution in [0.2, 0.25) is 0 Å². The van der Waals surface area contributed by atoms with Crippen LogP contribution in [0.15, 0.2) is 49.1 Å². The van der Waals surface area contributed by atoms with Gasteiger partial charge in [-0.25, -0.2) is 14.1 Å². The number of piperazine rings is 1. The normalized spacial score (nSPS) is 14.4. The van der Waals surface area contributed by atoms with Crippen LogP contribution in [0.4, 0.5) is 10.2 Å². The van der Waals surface area contributed by atoms with E-state index in [2.05, 4.69) is 25.2 Å². The summed E-state index contributed by atoms with van der Waals surface area (Å²) >= 11 is 0. The third-order valence-electron chi connectivity index (χ3n) is 4.51. The number of hydrogen-bond acceptors (Lipinski definition) is 6. The third-order valence-corrected chi connectivity index (χ3v) is 4.51. The lowest BCUT2D eigenvalue weighted by Gasteiger charge is -2.35. The Hall–Kier alpha value is -3.36. The Labute approximate surface area is 155 Å². The Bertz CT molecular complexity index is 888. The highest BCUT2D eigenvalue weighted by molar-refractivity contribution is 5.79. The van der Waals surface area contributed by atoms with E-state index in [1.165, 1.54) is 18.5 Å². The minimum atomic E-state index is -0.296. The number of hydrogen-bond donors (Lipinski definition) is 0. The zero-order chi connectivity index (χ0) is 18.6. The first kappa shape index (κ1) is 17.1. The van der Waals surface area contributed by atoms with E-state index in [4.69, 9.17) is 0 Å². The van der Waals surface area contributed by atoms with E-state index in [-0.39, 0.29) is 18.1 Å². The average Bonchev–Trinajstić information content (AvgIpc) is 3.25. The summed E-state index contributed by atoms with van der Waals surface area (Å²) in [4.78, 5) is 20.3. The van der Waals surface area contributed by atoms with Crippen LogP contribution in [-0.2, 0) is 11.2 Å². The van der Waals surface area contributed by atoms with Gasteiger partial charge in [-0.3, -0.25) is 4.79 Å². The lowest BCUT2D eigenvalue weighted by Crippen LogP contribution is -2.49. The molecule has 1 aliphatic heterocycles. The fourth-order valence-electron chi connectivity index (χ4n) is 3.01. The molecule has 0 atom stereocenters. The first-order valence-electron chi connectivity index (χ1n) is 8.65. The number of aromatic nitrogens is 5. The molecule has 0 unspecified atom stereocenters. The van der Waals surface area contributed by atoms with E-state index < -0.39 is 0 Å². The van der Waals surface area contributed by atoms with Crippen LogP contribution in [-0.4, -0.2) is 61.9 Å². The number of anilines is 1. The first-order valence-corrected chi connectivity index (χ1v) is 8.65. The second-order valence-corrected chi connectivity index (χ2v) is 6.26. The fourth-order valence-corrected chi connectivity index (χ4v) is 3.01. The zero-order valence-corrected chi connectivity index (χ0v) is 14.6. The molecular formula is C18H18FN7O. The van der Waals surface area contributed by atoms with Crippen LogP contribution < -0.4 is 4.90 Å². The van der Waals surface area contributed by atoms with Gasteiger partial charge in [-0.2, -0.15) is 5.10 Å². The van der Waals surface area contributed by atoms with Crippen molar-refractivity contribution in [2.75, 3.05) is 31.1 Å². The van der Waals surface area contributed by atoms with E-state index in [9.17, 15) is 9.18 Å². The maximum absolute atomic E-state index is 13.0. The van der Waals surface area contributed by atoms with E-state index in [0.29, 0.717) is 32.0 Å². The second kappa shape index (κ2) is 7.48. The molecule has 0 spiro atoms. The SMILES string of the molecule is O=C(Cc1ccc(F)cc1)N1CCN(c2ccc(-n3cncn3)nn2)CC1. The third kappa shape index (κ3) is 3.91. The quantitative estimate of drug-likeness (QED) is 0.687. The van der Waals surface area contributed by atoms with Gasteiger partial charge in [0.15, 0.2) is 11.6 Å². The van der Waals surface area contributed by atoms with Crippen LogP contribution in [0.3, 0.4) is 0 Å². The van der Waals surface area contributed by atoms with Gasteiger partial charge < -0.3 is 9.80 Å². The minimum Gasteiger partial charge on any atom is -0.352 e. The number of carbonyl (C=O) groups excluding carboxylic acids is 1. The smallest absolute Gasteiger partial charge is 0.227 e. The summed E-state index contributed by atoms with van der Waals surface area (Å²) in [6, 6.07) is 9.78. The Morgan fingerprint density at radius 3 is 2.30 bits per heavy atom. The average molecular weight is 367 g/mol. The Morgan fingerprint density at radius 2 is 1.67 bits per heavy atom. The molecule has 2 aromatic heterocycles. The molecule has 9 heteroatoms. The van der Waals surface area contributed by atoms with Crippen molar-refractivity contribution >= 4 is 11.7 Å². The predicted octanol–water partition coefficient (Wildman–Crippen LogP) is 1.09. The highest BCUT2D eigenvalue weighted by Crippen LogP contribution is 2.15. The van der Waals surface area contributed by atoms with Gasteiger partial charge in [-0.05, 0) is 29.8 Å². The number of nitrogens with zero attached hydrogens (tertiary/aromatic N) is 7. The van der Waals surface area contributed by atoms with Gasteiger partial charge in [-0.15, -0.1) is 10.2 Å². The standard InChI is InChI=1S/C18H18FN7O/c19-15-3-1-14(2-4-15)11-18(27)25-9-7-24(8-10-25)16-5-6-17(23-22-16)26-13-20-12-21-26/h1-6,12-13H,7-11H2. The molecule has 3 heterocycles. The molecule has 0 aliphatic carbocycles. The molecule has 27 heavy (non-hydrogen) atoms. The molecule has 3 aromatic rings. The molecule has 138 valence electrons. The molecule has 1 saturated heterocycles. The number of benzene rings is 1. The lowest BCUT2D eigenvalue weighted by atomic mass is 10.1. The van der Waals surface area contributed by atoms with Crippen molar-refractivity contribution in [3.63, 3.8) is 0 Å². The molecule has 1 aliphatic rings. The molecule has 4 rings (SSSR count). The predicted molar refractivity (Wildman–Crippen MR) is 95.8 cm³/mol. The maximum atomic E-state index is 13.0. The van der Waals surface area contributed by atoms with Crippen molar-refractivity contribution in [1.29, 1.82) is 0 Å². The molecule has 0 bridgehead atoms. The van der Waals surface area contributed by atoms with Crippen molar-refractivity contribution in [3.8, 4) is 5.82 Å². The van der Waals surface area contributed by atoms with Gasteiger partial charge in [0.25, 0.3) is 0 Å². The summed E-state index contributed by atoms with van der Waals surface area (Å²) in [5, 5.41) is 12.4. The molecule has 8 nitrogen and oxygen atoms in total. The molecule has 0 radical (unpaired) electrons.